The molecule has 146 valence electrons. The smallest absolute Gasteiger partial charge is 0.251 e. The molecular weight excluding hydrogens is 390 g/mol. The van der Waals surface area contributed by atoms with Crippen LogP contribution < -0.4 is 5.32 Å². The van der Waals surface area contributed by atoms with Gasteiger partial charge in [0.2, 0.25) is 5.82 Å². The maximum Gasteiger partial charge on any atom is 0.251 e. The summed E-state index contributed by atoms with van der Waals surface area (Å²) in [5.74, 6) is 1.00. The number of nitrogens with one attached hydrogen (secondary N) is 2. The average Bonchev–Trinajstić information content (AvgIpc) is 3.42. The minimum Gasteiger partial charge on any atom is -0.345 e. The van der Waals surface area contributed by atoms with Crippen LogP contribution in [0.2, 0.25) is 5.02 Å². The highest BCUT2D eigenvalue weighted by Crippen LogP contribution is 2.21. The van der Waals surface area contributed by atoms with E-state index in [1.165, 1.54) is 4.80 Å². The number of halogens is 1. The molecule has 2 N–H and O–H groups in total. The first-order valence-corrected chi connectivity index (χ1v) is 9.48. The first kappa shape index (κ1) is 18.8. The third kappa shape index (κ3) is 4.17. The molecule has 29 heavy (non-hydrogen) atoms. The normalized spacial score (nSPS) is 11.9. The van der Waals surface area contributed by atoms with Gasteiger partial charge in [-0.2, -0.15) is 4.80 Å². The minimum absolute atomic E-state index is 0.210. The van der Waals surface area contributed by atoms with Gasteiger partial charge in [-0.05, 0) is 60.2 Å². The van der Waals surface area contributed by atoms with Crippen LogP contribution in [0.15, 0.2) is 60.9 Å². The molecule has 0 bridgehead atoms. The van der Waals surface area contributed by atoms with Gasteiger partial charge in [0, 0.05) is 34.2 Å². The molecule has 1 atom stereocenters. The van der Waals surface area contributed by atoms with E-state index in [1.807, 2.05) is 43.3 Å². The first-order valence-electron chi connectivity index (χ1n) is 9.10. The van der Waals surface area contributed by atoms with E-state index < -0.39 is 6.04 Å². The topological polar surface area (TPSA) is 101 Å². The van der Waals surface area contributed by atoms with Crippen molar-refractivity contribution in [3.8, 4) is 22.8 Å². The molecule has 1 unspecified atom stereocenters. The van der Waals surface area contributed by atoms with Crippen molar-refractivity contribution in [1.29, 1.82) is 0 Å². The lowest BCUT2D eigenvalue weighted by Crippen LogP contribution is -2.27. The predicted molar refractivity (Wildman–Crippen MR) is 110 cm³/mol. The number of hydrogen-bond acceptors (Lipinski definition) is 5. The van der Waals surface area contributed by atoms with Gasteiger partial charge in [0.25, 0.3) is 5.91 Å². The lowest BCUT2D eigenvalue weighted by molar-refractivity contribution is -0.119. The van der Waals surface area contributed by atoms with Crippen LogP contribution in [0, 0.1) is 0 Å². The monoisotopic (exact) mass is 407 g/mol. The Morgan fingerprint density at radius 3 is 2.52 bits per heavy atom. The fourth-order valence-corrected chi connectivity index (χ4v) is 3.01. The Kier molecular flexibility index (Phi) is 5.35. The van der Waals surface area contributed by atoms with Crippen LogP contribution in [0.5, 0.6) is 0 Å². The maximum atomic E-state index is 12.8. The molecule has 4 rings (SSSR count). The van der Waals surface area contributed by atoms with Gasteiger partial charge < -0.3 is 10.3 Å². The zero-order valence-electron chi connectivity index (χ0n) is 15.6. The van der Waals surface area contributed by atoms with Crippen molar-refractivity contribution in [2.75, 3.05) is 5.32 Å². The second-order valence-corrected chi connectivity index (χ2v) is 6.81. The quantitative estimate of drug-likeness (QED) is 0.503. The summed E-state index contributed by atoms with van der Waals surface area (Å²) in [6, 6.07) is 14.0. The molecule has 0 spiro atoms. The van der Waals surface area contributed by atoms with E-state index in [9.17, 15) is 4.79 Å². The van der Waals surface area contributed by atoms with Crippen LogP contribution >= 0.6 is 11.6 Å². The number of imidazole rings is 1. The fraction of sp³-hybridized carbons (Fsp3) is 0.150. The van der Waals surface area contributed by atoms with Crippen molar-refractivity contribution in [1.82, 2.24) is 30.2 Å². The molecule has 0 saturated carbocycles. The van der Waals surface area contributed by atoms with Crippen molar-refractivity contribution in [2.45, 2.75) is 19.4 Å². The highest BCUT2D eigenvalue weighted by Gasteiger charge is 2.22. The number of aromatic nitrogens is 6. The Morgan fingerprint density at radius 1 is 1.14 bits per heavy atom. The van der Waals surface area contributed by atoms with Gasteiger partial charge in [-0.3, -0.25) is 4.79 Å². The van der Waals surface area contributed by atoms with Gasteiger partial charge in [-0.1, -0.05) is 18.5 Å². The molecule has 4 aromatic rings. The Balaban J connectivity index is 1.48. The van der Waals surface area contributed by atoms with Crippen LogP contribution in [0.1, 0.15) is 19.4 Å². The van der Waals surface area contributed by atoms with E-state index in [1.54, 1.807) is 24.5 Å². The number of H-pyrrole nitrogens is 1. The van der Waals surface area contributed by atoms with E-state index in [-0.39, 0.29) is 5.91 Å². The fourth-order valence-electron chi connectivity index (χ4n) is 2.89. The highest BCUT2D eigenvalue weighted by molar-refractivity contribution is 6.30. The predicted octanol–water partition coefficient (Wildman–Crippen LogP) is 3.97. The third-order valence-corrected chi connectivity index (χ3v) is 4.67. The summed E-state index contributed by atoms with van der Waals surface area (Å²) in [6.07, 6.45) is 3.98. The van der Waals surface area contributed by atoms with Crippen molar-refractivity contribution in [3.05, 3.63) is 65.9 Å². The summed E-state index contributed by atoms with van der Waals surface area (Å²) in [5, 5.41) is 16.0. The largest absolute Gasteiger partial charge is 0.345 e. The molecule has 0 saturated heterocycles. The SMILES string of the molecule is CCC(C(=O)Nc1ccc(-c2ncc[nH]2)cc1)n1nnc(-c2ccc(Cl)cc2)n1. The molecule has 0 fully saturated rings. The van der Waals surface area contributed by atoms with Crippen molar-refractivity contribution in [2.24, 2.45) is 0 Å². The Morgan fingerprint density at radius 2 is 1.86 bits per heavy atom. The average molecular weight is 408 g/mol. The number of hydrogen-bond donors (Lipinski definition) is 2. The number of carbonyl (C=O) groups excluding carboxylic acids is 1. The molecule has 0 aliphatic carbocycles. The van der Waals surface area contributed by atoms with Gasteiger partial charge in [-0.15, -0.1) is 10.2 Å². The van der Waals surface area contributed by atoms with Gasteiger partial charge in [0.1, 0.15) is 5.82 Å². The molecule has 8 nitrogen and oxygen atoms in total. The van der Waals surface area contributed by atoms with Gasteiger partial charge in [0.15, 0.2) is 6.04 Å². The summed E-state index contributed by atoms with van der Waals surface area (Å²) >= 11 is 5.91. The van der Waals surface area contributed by atoms with Crippen LogP contribution in [-0.4, -0.2) is 36.1 Å². The lowest BCUT2D eigenvalue weighted by atomic mass is 10.1. The van der Waals surface area contributed by atoms with Crippen molar-refractivity contribution in [3.63, 3.8) is 0 Å². The van der Waals surface area contributed by atoms with Gasteiger partial charge >= 0.3 is 0 Å². The first-order chi connectivity index (χ1) is 14.1. The molecule has 0 aliphatic heterocycles. The molecule has 9 heteroatoms. The second kappa shape index (κ2) is 8.24. The summed E-state index contributed by atoms with van der Waals surface area (Å²) < 4.78 is 0. The number of nitrogens with zero attached hydrogens (tertiary/aromatic N) is 5. The van der Waals surface area contributed by atoms with E-state index in [2.05, 4.69) is 30.7 Å². The third-order valence-electron chi connectivity index (χ3n) is 4.42. The number of anilines is 1. The number of benzene rings is 2. The molecular formula is C20H18ClN7O. The number of aromatic amines is 1. The number of rotatable bonds is 6. The zero-order valence-corrected chi connectivity index (χ0v) is 16.3. The van der Waals surface area contributed by atoms with E-state index >= 15 is 0 Å². The van der Waals surface area contributed by atoms with Gasteiger partial charge in [-0.25, -0.2) is 4.98 Å². The number of amides is 1. The summed E-state index contributed by atoms with van der Waals surface area (Å²) in [5.41, 5.74) is 2.40. The summed E-state index contributed by atoms with van der Waals surface area (Å²) in [4.78, 5) is 21.4. The summed E-state index contributed by atoms with van der Waals surface area (Å²) in [6.45, 7) is 1.90. The van der Waals surface area contributed by atoms with Gasteiger partial charge in [0.05, 0.1) is 0 Å². The zero-order chi connectivity index (χ0) is 20.2. The van der Waals surface area contributed by atoms with Crippen molar-refractivity contribution >= 4 is 23.2 Å². The Hall–Kier alpha value is -3.52. The molecule has 2 heterocycles. The van der Waals surface area contributed by atoms with Crippen LogP contribution in [0.25, 0.3) is 22.8 Å². The molecule has 2 aromatic carbocycles. The molecule has 2 aromatic heterocycles. The van der Waals surface area contributed by atoms with Crippen LogP contribution in [0.3, 0.4) is 0 Å². The van der Waals surface area contributed by atoms with E-state index in [4.69, 9.17) is 11.6 Å². The lowest BCUT2D eigenvalue weighted by Gasteiger charge is -2.13. The number of tetrazole rings is 1. The standard InChI is InChI=1S/C20H18ClN7O/c1-2-17(28-26-19(25-27-28)14-3-7-15(21)8-4-14)20(29)24-16-9-5-13(6-10-16)18-22-11-12-23-18/h3-12,17H,2H2,1H3,(H,22,23)(H,24,29). The molecule has 0 radical (unpaired) electrons. The molecule has 0 aliphatic rings. The summed E-state index contributed by atoms with van der Waals surface area (Å²) in [7, 11) is 0. The Bertz CT molecular complexity index is 1090. The van der Waals surface area contributed by atoms with Crippen molar-refractivity contribution < 1.29 is 4.79 Å². The van der Waals surface area contributed by atoms with Crippen LogP contribution in [-0.2, 0) is 4.79 Å². The maximum absolute atomic E-state index is 12.8. The Labute approximate surface area is 171 Å². The van der Waals surface area contributed by atoms with E-state index in [0.29, 0.717) is 23.0 Å². The molecule has 1 amide bonds. The second-order valence-electron chi connectivity index (χ2n) is 6.37. The number of carbonyl (C=O) groups is 1. The minimum atomic E-state index is -0.576. The van der Waals surface area contributed by atoms with Crippen LogP contribution in [0.4, 0.5) is 5.69 Å². The highest BCUT2D eigenvalue weighted by atomic mass is 35.5. The van der Waals surface area contributed by atoms with E-state index in [0.717, 1.165) is 17.0 Å².